The molecule has 1 heterocycles. The summed E-state index contributed by atoms with van der Waals surface area (Å²) in [5.41, 5.74) is 0. The highest BCUT2D eigenvalue weighted by Gasteiger charge is 2.36. The first-order valence-electron chi connectivity index (χ1n) is 8.64. The quantitative estimate of drug-likeness (QED) is 0.362. The molecule has 2 heteroatoms. The van der Waals surface area contributed by atoms with E-state index in [1.54, 1.807) is 0 Å². The molecule has 2 nitrogen and oxygen atoms in total. The molecule has 1 saturated heterocycles. The predicted octanol–water partition coefficient (Wildman–Crippen LogP) is 4.84. The van der Waals surface area contributed by atoms with Crippen molar-refractivity contribution >= 4 is 0 Å². The van der Waals surface area contributed by atoms with Crippen LogP contribution in [0.4, 0.5) is 0 Å². The number of ether oxygens (including phenoxy) is 1. The Bertz CT molecular complexity index is 194. The molecule has 114 valence electrons. The van der Waals surface area contributed by atoms with Crippen LogP contribution in [-0.2, 0) is 4.74 Å². The summed E-state index contributed by atoms with van der Waals surface area (Å²) in [6, 6.07) is 0. The Morgan fingerprint density at radius 1 is 0.684 bits per heavy atom. The van der Waals surface area contributed by atoms with E-state index < -0.39 is 0 Å². The van der Waals surface area contributed by atoms with Gasteiger partial charge in [-0.05, 0) is 12.8 Å². The first-order chi connectivity index (χ1) is 9.38. The van der Waals surface area contributed by atoms with Crippen molar-refractivity contribution in [2.24, 2.45) is 0 Å². The van der Waals surface area contributed by atoms with E-state index in [2.05, 4.69) is 6.92 Å². The van der Waals surface area contributed by atoms with Gasteiger partial charge in [-0.15, -0.1) is 0 Å². The lowest BCUT2D eigenvalue weighted by Gasteiger charge is -2.02. The molecule has 0 amide bonds. The van der Waals surface area contributed by atoms with Gasteiger partial charge in [0.15, 0.2) is 0 Å². The predicted molar refractivity (Wildman–Crippen MR) is 81.4 cm³/mol. The Labute approximate surface area is 119 Å². The normalized spacial score (nSPS) is 21.8. The van der Waals surface area contributed by atoms with Crippen molar-refractivity contribution in [1.82, 2.24) is 0 Å². The van der Waals surface area contributed by atoms with E-state index in [1.807, 2.05) is 0 Å². The molecule has 2 atom stereocenters. The fourth-order valence-corrected chi connectivity index (χ4v) is 2.82. The number of epoxide rings is 1. The van der Waals surface area contributed by atoms with Crippen molar-refractivity contribution in [3.63, 3.8) is 0 Å². The maximum absolute atomic E-state index is 8.77. The minimum absolute atomic E-state index is 0.277. The zero-order chi connectivity index (χ0) is 13.8. The first kappa shape index (κ1) is 17.0. The Hall–Kier alpha value is -0.0800. The summed E-state index contributed by atoms with van der Waals surface area (Å²) >= 11 is 0. The molecule has 1 N–H and O–H groups in total. The van der Waals surface area contributed by atoms with E-state index in [9.17, 15) is 0 Å². The van der Waals surface area contributed by atoms with Crippen molar-refractivity contribution < 1.29 is 9.84 Å². The smallest absolute Gasteiger partial charge is 0.0863 e. The average Bonchev–Trinajstić information content (AvgIpc) is 3.15. The van der Waals surface area contributed by atoms with Gasteiger partial charge in [-0.2, -0.15) is 0 Å². The summed E-state index contributed by atoms with van der Waals surface area (Å²) in [7, 11) is 0. The third-order valence-corrected chi connectivity index (χ3v) is 4.19. The van der Waals surface area contributed by atoms with Gasteiger partial charge in [0.1, 0.15) is 0 Å². The highest BCUT2D eigenvalue weighted by atomic mass is 16.6. The molecule has 19 heavy (non-hydrogen) atoms. The van der Waals surface area contributed by atoms with Crippen molar-refractivity contribution in [1.29, 1.82) is 0 Å². The molecule has 1 aliphatic rings. The maximum Gasteiger partial charge on any atom is 0.0863 e. The average molecular weight is 270 g/mol. The summed E-state index contributed by atoms with van der Waals surface area (Å²) in [6.45, 7) is 2.55. The molecule has 0 radical (unpaired) electrons. The van der Waals surface area contributed by atoms with E-state index in [0.29, 0.717) is 12.2 Å². The molecular formula is C17H34O2. The molecule has 0 aliphatic carbocycles. The van der Waals surface area contributed by atoms with Crippen molar-refractivity contribution in [3.8, 4) is 0 Å². The summed E-state index contributed by atoms with van der Waals surface area (Å²) < 4.78 is 5.49. The van der Waals surface area contributed by atoms with Crippen LogP contribution >= 0.6 is 0 Å². The van der Waals surface area contributed by atoms with Crippen molar-refractivity contribution in [2.75, 3.05) is 6.61 Å². The van der Waals surface area contributed by atoms with Gasteiger partial charge < -0.3 is 9.84 Å². The van der Waals surface area contributed by atoms with Crippen LogP contribution in [-0.4, -0.2) is 23.9 Å². The lowest BCUT2D eigenvalue weighted by atomic mass is 10.0. The summed E-state index contributed by atoms with van der Waals surface area (Å²) in [5.74, 6) is 0. The number of hydrogen-bond acceptors (Lipinski definition) is 2. The minimum Gasteiger partial charge on any atom is -0.396 e. The molecule has 2 unspecified atom stereocenters. The second-order valence-corrected chi connectivity index (χ2v) is 6.05. The summed E-state index contributed by atoms with van der Waals surface area (Å²) in [4.78, 5) is 0. The van der Waals surface area contributed by atoms with Crippen LogP contribution in [0.3, 0.4) is 0 Å². The van der Waals surface area contributed by atoms with Crippen LogP contribution in [0, 0.1) is 0 Å². The van der Waals surface area contributed by atoms with Crippen LogP contribution in [0.25, 0.3) is 0 Å². The van der Waals surface area contributed by atoms with Gasteiger partial charge in [-0.3, -0.25) is 0 Å². The topological polar surface area (TPSA) is 32.8 Å². The second kappa shape index (κ2) is 11.7. The maximum atomic E-state index is 8.77. The minimum atomic E-state index is 0.277. The summed E-state index contributed by atoms with van der Waals surface area (Å²) in [6.07, 6.45) is 18.3. The van der Waals surface area contributed by atoms with Gasteiger partial charge in [0.25, 0.3) is 0 Å². The largest absolute Gasteiger partial charge is 0.396 e. The number of aliphatic hydroxyl groups excluding tert-OH is 1. The molecule has 0 spiro atoms. The van der Waals surface area contributed by atoms with Crippen LogP contribution in [0.2, 0.25) is 0 Å². The van der Waals surface area contributed by atoms with Gasteiger partial charge in [-0.25, -0.2) is 0 Å². The van der Waals surface area contributed by atoms with Crippen molar-refractivity contribution in [2.45, 2.75) is 103 Å². The number of aliphatic hydroxyl groups is 1. The fourth-order valence-electron chi connectivity index (χ4n) is 2.82. The number of hydrogen-bond donors (Lipinski definition) is 1. The molecule has 1 fully saturated rings. The fraction of sp³-hybridized carbons (Fsp3) is 1.00. The SMILES string of the molecule is CCCCCCCCCCCCCC1OC1CCO. The van der Waals surface area contributed by atoms with Gasteiger partial charge in [0.2, 0.25) is 0 Å². The molecule has 1 aliphatic heterocycles. The Kier molecular flexibility index (Phi) is 10.5. The molecule has 0 bridgehead atoms. The highest BCUT2D eigenvalue weighted by molar-refractivity contribution is 4.83. The zero-order valence-electron chi connectivity index (χ0n) is 12.9. The molecule has 1 rings (SSSR count). The van der Waals surface area contributed by atoms with E-state index in [-0.39, 0.29) is 6.61 Å². The monoisotopic (exact) mass is 270 g/mol. The van der Waals surface area contributed by atoms with Gasteiger partial charge in [-0.1, -0.05) is 77.6 Å². The third-order valence-electron chi connectivity index (χ3n) is 4.19. The Balaban J connectivity index is 1.68. The standard InChI is InChI=1S/C17H34O2/c1-2-3-4-5-6-7-8-9-10-11-12-13-16-17(19-16)14-15-18/h16-18H,2-15H2,1H3. The van der Waals surface area contributed by atoms with Gasteiger partial charge in [0.05, 0.1) is 12.2 Å². The number of rotatable bonds is 14. The van der Waals surface area contributed by atoms with Crippen LogP contribution in [0.5, 0.6) is 0 Å². The van der Waals surface area contributed by atoms with E-state index in [0.717, 1.165) is 6.42 Å². The Morgan fingerprint density at radius 3 is 1.68 bits per heavy atom. The highest BCUT2D eigenvalue weighted by Crippen LogP contribution is 2.29. The van der Waals surface area contributed by atoms with E-state index >= 15 is 0 Å². The van der Waals surface area contributed by atoms with Crippen LogP contribution in [0.15, 0.2) is 0 Å². The second-order valence-electron chi connectivity index (χ2n) is 6.05. The Morgan fingerprint density at radius 2 is 1.16 bits per heavy atom. The lowest BCUT2D eigenvalue weighted by Crippen LogP contribution is -1.96. The first-order valence-corrected chi connectivity index (χ1v) is 8.64. The molecule has 0 aromatic rings. The van der Waals surface area contributed by atoms with Crippen LogP contribution < -0.4 is 0 Å². The third kappa shape index (κ3) is 9.45. The zero-order valence-corrected chi connectivity index (χ0v) is 12.9. The van der Waals surface area contributed by atoms with Gasteiger partial charge in [0, 0.05) is 6.61 Å². The molecule has 0 aromatic carbocycles. The lowest BCUT2D eigenvalue weighted by molar-refractivity contribution is 0.262. The summed E-state index contributed by atoms with van der Waals surface area (Å²) in [5, 5.41) is 8.77. The number of unbranched alkanes of at least 4 members (excludes halogenated alkanes) is 10. The van der Waals surface area contributed by atoms with Crippen molar-refractivity contribution in [3.05, 3.63) is 0 Å². The van der Waals surface area contributed by atoms with E-state index in [1.165, 1.54) is 77.0 Å². The van der Waals surface area contributed by atoms with Gasteiger partial charge >= 0.3 is 0 Å². The van der Waals surface area contributed by atoms with E-state index in [4.69, 9.17) is 9.84 Å². The van der Waals surface area contributed by atoms with Crippen LogP contribution in [0.1, 0.15) is 90.4 Å². The molecular weight excluding hydrogens is 236 g/mol. The molecule has 0 aromatic heterocycles. The molecule has 0 saturated carbocycles.